The minimum absolute atomic E-state index is 0.560. The average molecular weight is 222 g/mol. The Balaban J connectivity index is 1.74. The van der Waals surface area contributed by atoms with Crippen molar-refractivity contribution in [1.82, 2.24) is 10.3 Å². The maximum absolute atomic E-state index is 4.83. The largest absolute Gasteiger partial charge is 0.308 e. The zero-order valence-corrected chi connectivity index (χ0v) is 9.85. The van der Waals surface area contributed by atoms with Gasteiger partial charge in [-0.05, 0) is 32.2 Å². The fourth-order valence-corrected chi connectivity index (χ4v) is 3.78. The van der Waals surface area contributed by atoms with Gasteiger partial charge in [0.25, 0.3) is 0 Å². The van der Waals surface area contributed by atoms with E-state index in [1.165, 1.54) is 55.8 Å². The Bertz CT molecular complexity index is 292. The lowest BCUT2D eigenvalue weighted by molar-refractivity contribution is 0.630. The lowest BCUT2D eigenvalue weighted by Gasteiger charge is -2.06. The van der Waals surface area contributed by atoms with Crippen molar-refractivity contribution in [3.8, 4) is 0 Å². The van der Waals surface area contributed by atoms with Crippen molar-refractivity contribution < 1.29 is 0 Å². The molecule has 1 aromatic heterocycles. The molecule has 1 saturated heterocycles. The first-order valence-corrected chi connectivity index (χ1v) is 7.00. The maximum Gasteiger partial charge on any atom is 0.110 e. The Labute approximate surface area is 95.1 Å². The van der Waals surface area contributed by atoms with Gasteiger partial charge in [0.15, 0.2) is 0 Å². The molecule has 0 aromatic carbocycles. The highest BCUT2D eigenvalue weighted by atomic mass is 32.1. The van der Waals surface area contributed by atoms with Crippen LogP contribution in [0, 0.1) is 0 Å². The Morgan fingerprint density at radius 2 is 2.07 bits per heavy atom. The second kappa shape index (κ2) is 4.22. The zero-order chi connectivity index (χ0) is 10.1. The lowest BCUT2D eigenvalue weighted by atomic mass is 10.1. The molecule has 0 radical (unpaired) electrons. The van der Waals surface area contributed by atoms with Crippen LogP contribution in [0.3, 0.4) is 0 Å². The Kier molecular flexibility index (Phi) is 2.76. The number of hydrogen-bond donors (Lipinski definition) is 1. The molecule has 1 atom stereocenters. The van der Waals surface area contributed by atoms with Gasteiger partial charge in [0.2, 0.25) is 0 Å². The van der Waals surface area contributed by atoms with Crippen LogP contribution in [0.1, 0.15) is 61.2 Å². The second-order valence-corrected chi connectivity index (χ2v) is 5.63. The van der Waals surface area contributed by atoms with E-state index in [0.29, 0.717) is 6.04 Å². The van der Waals surface area contributed by atoms with E-state index in [9.17, 15) is 0 Å². The smallest absolute Gasteiger partial charge is 0.110 e. The Morgan fingerprint density at radius 3 is 2.80 bits per heavy atom. The molecule has 1 aliphatic carbocycles. The molecule has 3 rings (SSSR count). The highest BCUT2D eigenvalue weighted by molar-refractivity contribution is 7.09. The third kappa shape index (κ3) is 1.95. The topological polar surface area (TPSA) is 24.9 Å². The van der Waals surface area contributed by atoms with Gasteiger partial charge in [0, 0.05) is 11.3 Å². The van der Waals surface area contributed by atoms with Crippen LogP contribution in [-0.4, -0.2) is 11.5 Å². The van der Waals surface area contributed by atoms with Gasteiger partial charge in [-0.1, -0.05) is 12.8 Å². The molecule has 15 heavy (non-hydrogen) atoms. The molecule has 2 aliphatic rings. The number of nitrogens with one attached hydrogen (secondary N) is 1. The van der Waals surface area contributed by atoms with E-state index in [-0.39, 0.29) is 0 Å². The van der Waals surface area contributed by atoms with Crippen LogP contribution < -0.4 is 5.32 Å². The number of aromatic nitrogens is 1. The summed E-state index contributed by atoms with van der Waals surface area (Å²) in [5.74, 6) is 0.774. The highest BCUT2D eigenvalue weighted by Crippen LogP contribution is 2.36. The highest BCUT2D eigenvalue weighted by Gasteiger charge is 2.23. The molecule has 0 amide bonds. The molecule has 1 aromatic rings. The van der Waals surface area contributed by atoms with Crippen molar-refractivity contribution in [2.75, 3.05) is 6.54 Å². The van der Waals surface area contributed by atoms with Crippen LogP contribution in [0.15, 0.2) is 5.38 Å². The van der Waals surface area contributed by atoms with Crippen molar-refractivity contribution in [2.45, 2.75) is 50.5 Å². The van der Waals surface area contributed by atoms with Gasteiger partial charge < -0.3 is 5.32 Å². The minimum Gasteiger partial charge on any atom is -0.308 e. The predicted octanol–water partition coefficient (Wildman–Crippen LogP) is 3.23. The first-order chi connectivity index (χ1) is 7.43. The van der Waals surface area contributed by atoms with Gasteiger partial charge >= 0.3 is 0 Å². The summed E-state index contributed by atoms with van der Waals surface area (Å²) >= 11 is 1.86. The number of nitrogens with zero attached hydrogens (tertiary/aromatic N) is 1. The second-order valence-electron chi connectivity index (χ2n) is 4.74. The van der Waals surface area contributed by atoms with Crippen LogP contribution in [-0.2, 0) is 0 Å². The van der Waals surface area contributed by atoms with E-state index >= 15 is 0 Å². The lowest BCUT2D eigenvalue weighted by Crippen LogP contribution is -2.12. The maximum atomic E-state index is 4.83. The summed E-state index contributed by atoms with van der Waals surface area (Å²) in [5.41, 5.74) is 1.38. The zero-order valence-electron chi connectivity index (χ0n) is 9.04. The molecular weight excluding hydrogens is 204 g/mol. The fourth-order valence-electron chi connectivity index (χ4n) is 2.77. The van der Waals surface area contributed by atoms with Gasteiger partial charge in [-0.25, -0.2) is 4.98 Å². The molecular formula is C12H18N2S. The normalized spacial score (nSPS) is 27.6. The summed E-state index contributed by atoms with van der Waals surface area (Å²) in [5, 5.41) is 7.15. The third-order valence-corrected chi connectivity index (χ3v) is 4.65. The standard InChI is InChI=1S/C12H18N2S/c1-2-5-9(4-1)11-8-15-12(14-11)10-6-3-7-13-10/h8-10,13H,1-7H2. The molecule has 1 N–H and O–H groups in total. The number of thiazole rings is 1. The van der Waals surface area contributed by atoms with Crippen LogP contribution in [0.4, 0.5) is 0 Å². The van der Waals surface area contributed by atoms with Crippen LogP contribution in [0.25, 0.3) is 0 Å². The van der Waals surface area contributed by atoms with E-state index in [2.05, 4.69) is 10.7 Å². The van der Waals surface area contributed by atoms with Gasteiger partial charge in [0.1, 0.15) is 5.01 Å². The third-order valence-electron chi connectivity index (χ3n) is 3.67. The summed E-state index contributed by atoms with van der Waals surface area (Å²) in [6.07, 6.45) is 8.11. The molecule has 1 unspecified atom stereocenters. The Hall–Kier alpha value is -0.410. The van der Waals surface area contributed by atoms with E-state index in [1.54, 1.807) is 0 Å². The Morgan fingerprint density at radius 1 is 1.20 bits per heavy atom. The molecule has 0 spiro atoms. The summed E-state index contributed by atoms with van der Waals surface area (Å²) in [6.45, 7) is 1.17. The molecule has 1 saturated carbocycles. The van der Waals surface area contributed by atoms with E-state index < -0.39 is 0 Å². The van der Waals surface area contributed by atoms with Crippen LogP contribution >= 0.6 is 11.3 Å². The van der Waals surface area contributed by atoms with Gasteiger partial charge in [-0.15, -0.1) is 11.3 Å². The molecule has 82 valence electrons. The van der Waals surface area contributed by atoms with Crippen LogP contribution in [0.5, 0.6) is 0 Å². The van der Waals surface area contributed by atoms with Crippen LogP contribution in [0.2, 0.25) is 0 Å². The summed E-state index contributed by atoms with van der Waals surface area (Å²) in [4.78, 5) is 4.83. The molecule has 2 heterocycles. The monoisotopic (exact) mass is 222 g/mol. The summed E-state index contributed by atoms with van der Waals surface area (Å²) in [7, 11) is 0. The molecule has 2 fully saturated rings. The van der Waals surface area contributed by atoms with Crippen molar-refractivity contribution in [1.29, 1.82) is 0 Å². The first kappa shape index (κ1) is 9.79. The van der Waals surface area contributed by atoms with E-state index in [4.69, 9.17) is 4.98 Å². The van der Waals surface area contributed by atoms with E-state index in [0.717, 1.165) is 5.92 Å². The van der Waals surface area contributed by atoms with Gasteiger partial charge in [-0.2, -0.15) is 0 Å². The fraction of sp³-hybridized carbons (Fsp3) is 0.750. The van der Waals surface area contributed by atoms with Gasteiger partial charge in [-0.3, -0.25) is 0 Å². The molecule has 1 aliphatic heterocycles. The predicted molar refractivity (Wildman–Crippen MR) is 63.3 cm³/mol. The minimum atomic E-state index is 0.560. The average Bonchev–Trinajstić information content (AvgIpc) is 3.02. The van der Waals surface area contributed by atoms with E-state index in [1.807, 2.05) is 11.3 Å². The van der Waals surface area contributed by atoms with Gasteiger partial charge in [0.05, 0.1) is 11.7 Å². The summed E-state index contributed by atoms with van der Waals surface area (Å²) in [6, 6.07) is 0.560. The SMILES string of the molecule is c1sc(C2CCCN2)nc1C1CCCC1. The van der Waals surface area contributed by atoms with Crippen molar-refractivity contribution >= 4 is 11.3 Å². The summed E-state index contributed by atoms with van der Waals surface area (Å²) < 4.78 is 0. The number of rotatable bonds is 2. The number of hydrogen-bond acceptors (Lipinski definition) is 3. The molecule has 3 heteroatoms. The quantitative estimate of drug-likeness (QED) is 0.831. The van der Waals surface area contributed by atoms with Crippen molar-refractivity contribution in [2.24, 2.45) is 0 Å². The molecule has 2 nitrogen and oxygen atoms in total. The van der Waals surface area contributed by atoms with Crippen molar-refractivity contribution in [3.63, 3.8) is 0 Å². The molecule has 0 bridgehead atoms. The first-order valence-electron chi connectivity index (χ1n) is 6.12. The van der Waals surface area contributed by atoms with Crippen molar-refractivity contribution in [3.05, 3.63) is 16.1 Å².